The summed E-state index contributed by atoms with van der Waals surface area (Å²) in [5, 5.41) is 2.45. The van der Waals surface area contributed by atoms with E-state index in [9.17, 15) is 13.2 Å². The Morgan fingerprint density at radius 1 is 0.853 bits per heavy atom. The number of amides is 1. The van der Waals surface area contributed by atoms with Gasteiger partial charge in [-0.15, -0.1) is 11.8 Å². The standard InChI is InChI=1S/C24H26N2O6S2/c1-16(33-20-10-7-18(30-2)8-11-20)24(27)25-17-5-12-21(13-6-17)34(28,29)26-22-15-19(31-3)9-14-23(22)32-4/h5-16,26H,1-4H3,(H,25,27). The number of methoxy groups -OCH3 is 3. The summed E-state index contributed by atoms with van der Waals surface area (Å²) in [5.41, 5.74) is 0.744. The summed E-state index contributed by atoms with van der Waals surface area (Å²) >= 11 is 1.41. The maximum Gasteiger partial charge on any atom is 0.262 e. The second-order valence-electron chi connectivity index (χ2n) is 7.12. The summed E-state index contributed by atoms with van der Waals surface area (Å²) in [4.78, 5) is 13.6. The predicted molar refractivity (Wildman–Crippen MR) is 134 cm³/mol. The van der Waals surface area contributed by atoms with E-state index in [1.54, 1.807) is 38.3 Å². The van der Waals surface area contributed by atoms with Crippen LogP contribution in [0.2, 0.25) is 0 Å². The minimum atomic E-state index is -3.89. The van der Waals surface area contributed by atoms with Gasteiger partial charge in [0.15, 0.2) is 0 Å². The molecule has 3 rings (SSSR count). The Morgan fingerprint density at radius 2 is 1.47 bits per heavy atom. The van der Waals surface area contributed by atoms with Crippen molar-refractivity contribution in [1.82, 2.24) is 0 Å². The Morgan fingerprint density at radius 3 is 2.06 bits per heavy atom. The second-order valence-corrected chi connectivity index (χ2v) is 10.2. The molecule has 0 saturated heterocycles. The fourth-order valence-electron chi connectivity index (χ4n) is 2.97. The molecule has 0 spiro atoms. The van der Waals surface area contributed by atoms with Gasteiger partial charge < -0.3 is 19.5 Å². The third-order valence-electron chi connectivity index (χ3n) is 4.82. The first kappa shape index (κ1) is 25.3. The first-order chi connectivity index (χ1) is 16.2. The van der Waals surface area contributed by atoms with Crippen LogP contribution in [0, 0.1) is 0 Å². The highest BCUT2D eigenvalue weighted by molar-refractivity contribution is 8.00. The minimum Gasteiger partial charge on any atom is -0.497 e. The Kier molecular flexibility index (Phi) is 8.30. The summed E-state index contributed by atoms with van der Waals surface area (Å²) in [6, 6.07) is 18.2. The number of thioether (sulfide) groups is 1. The van der Waals surface area contributed by atoms with E-state index in [1.807, 2.05) is 24.3 Å². The molecule has 3 aromatic carbocycles. The van der Waals surface area contributed by atoms with Crippen molar-refractivity contribution >= 4 is 39.1 Å². The van der Waals surface area contributed by atoms with Gasteiger partial charge in [0.05, 0.1) is 37.2 Å². The van der Waals surface area contributed by atoms with E-state index in [0.717, 1.165) is 10.6 Å². The molecule has 2 N–H and O–H groups in total. The van der Waals surface area contributed by atoms with Crippen LogP contribution in [0.25, 0.3) is 0 Å². The maximum absolute atomic E-state index is 12.9. The number of anilines is 2. The van der Waals surface area contributed by atoms with Crippen molar-refractivity contribution in [2.75, 3.05) is 31.4 Å². The molecule has 0 radical (unpaired) electrons. The molecule has 1 atom stereocenters. The molecule has 1 amide bonds. The Labute approximate surface area is 203 Å². The number of rotatable bonds is 10. The first-order valence-electron chi connectivity index (χ1n) is 10.2. The average molecular weight is 503 g/mol. The molecule has 180 valence electrons. The van der Waals surface area contributed by atoms with Gasteiger partial charge in [0.2, 0.25) is 5.91 Å². The molecule has 0 aromatic heterocycles. The lowest BCUT2D eigenvalue weighted by atomic mass is 10.3. The number of hydrogen-bond donors (Lipinski definition) is 2. The normalized spacial score (nSPS) is 11.9. The van der Waals surface area contributed by atoms with Crippen LogP contribution < -0.4 is 24.2 Å². The van der Waals surface area contributed by atoms with Crippen molar-refractivity contribution < 1.29 is 27.4 Å². The van der Waals surface area contributed by atoms with Crippen molar-refractivity contribution in [3.8, 4) is 17.2 Å². The molecular formula is C24H26N2O6S2. The molecule has 0 aliphatic rings. The lowest BCUT2D eigenvalue weighted by molar-refractivity contribution is -0.115. The largest absolute Gasteiger partial charge is 0.497 e. The van der Waals surface area contributed by atoms with Crippen LogP contribution in [0.4, 0.5) is 11.4 Å². The van der Waals surface area contributed by atoms with E-state index in [2.05, 4.69) is 10.0 Å². The van der Waals surface area contributed by atoms with Crippen LogP contribution >= 0.6 is 11.8 Å². The molecule has 0 saturated carbocycles. The van der Waals surface area contributed by atoms with Gasteiger partial charge in [-0.1, -0.05) is 0 Å². The molecule has 34 heavy (non-hydrogen) atoms. The number of carbonyl (C=O) groups excluding carboxylic acids is 1. The van der Waals surface area contributed by atoms with Gasteiger partial charge in [-0.25, -0.2) is 8.42 Å². The molecular weight excluding hydrogens is 476 g/mol. The monoisotopic (exact) mass is 502 g/mol. The fourth-order valence-corrected chi connectivity index (χ4v) is 4.90. The van der Waals surface area contributed by atoms with E-state index in [1.165, 1.54) is 44.2 Å². The van der Waals surface area contributed by atoms with E-state index in [4.69, 9.17) is 14.2 Å². The topological polar surface area (TPSA) is 103 Å². The molecule has 8 nitrogen and oxygen atoms in total. The fraction of sp³-hybridized carbons (Fsp3) is 0.208. The highest BCUT2D eigenvalue weighted by atomic mass is 32.2. The van der Waals surface area contributed by atoms with Crippen molar-refractivity contribution in [2.24, 2.45) is 0 Å². The number of carbonyl (C=O) groups is 1. The van der Waals surface area contributed by atoms with Crippen LogP contribution in [0.1, 0.15) is 6.92 Å². The maximum atomic E-state index is 12.9. The molecule has 0 aliphatic heterocycles. The highest BCUT2D eigenvalue weighted by Gasteiger charge is 2.19. The SMILES string of the molecule is COc1ccc(SC(C)C(=O)Nc2ccc(S(=O)(=O)Nc3cc(OC)ccc3OC)cc2)cc1. The van der Waals surface area contributed by atoms with Crippen LogP contribution in [0.5, 0.6) is 17.2 Å². The van der Waals surface area contributed by atoms with Crippen molar-refractivity contribution in [2.45, 2.75) is 22.0 Å². The third kappa shape index (κ3) is 6.36. The Bertz CT molecular complexity index is 1230. The summed E-state index contributed by atoms with van der Waals surface area (Å²) < 4.78 is 43.7. The van der Waals surface area contributed by atoms with Gasteiger partial charge in [-0.2, -0.15) is 0 Å². The number of nitrogens with one attached hydrogen (secondary N) is 2. The zero-order chi connectivity index (χ0) is 24.7. The number of benzene rings is 3. The van der Waals surface area contributed by atoms with Gasteiger partial charge in [0, 0.05) is 16.6 Å². The van der Waals surface area contributed by atoms with E-state index >= 15 is 0 Å². The van der Waals surface area contributed by atoms with Crippen LogP contribution in [0.3, 0.4) is 0 Å². The molecule has 0 aliphatic carbocycles. The van der Waals surface area contributed by atoms with Gasteiger partial charge >= 0.3 is 0 Å². The van der Waals surface area contributed by atoms with Gasteiger partial charge in [-0.3, -0.25) is 9.52 Å². The zero-order valence-electron chi connectivity index (χ0n) is 19.2. The van der Waals surface area contributed by atoms with Crippen molar-refractivity contribution in [1.29, 1.82) is 0 Å². The van der Waals surface area contributed by atoms with E-state index in [-0.39, 0.29) is 21.7 Å². The second kappa shape index (κ2) is 11.2. The highest BCUT2D eigenvalue weighted by Crippen LogP contribution is 2.31. The Hall–Kier alpha value is -3.37. The number of sulfonamides is 1. The summed E-state index contributed by atoms with van der Waals surface area (Å²) in [7, 11) is 0.645. The van der Waals surface area contributed by atoms with Gasteiger partial charge in [0.1, 0.15) is 17.2 Å². The lowest BCUT2D eigenvalue weighted by Gasteiger charge is -2.14. The van der Waals surface area contributed by atoms with E-state index < -0.39 is 10.0 Å². The van der Waals surface area contributed by atoms with E-state index in [0.29, 0.717) is 17.2 Å². The number of hydrogen-bond acceptors (Lipinski definition) is 7. The first-order valence-corrected chi connectivity index (χ1v) is 12.6. The molecule has 10 heteroatoms. The molecule has 1 unspecified atom stereocenters. The third-order valence-corrected chi connectivity index (χ3v) is 7.32. The smallest absolute Gasteiger partial charge is 0.262 e. The van der Waals surface area contributed by atoms with Crippen LogP contribution in [-0.2, 0) is 14.8 Å². The van der Waals surface area contributed by atoms with Gasteiger partial charge in [0.25, 0.3) is 10.0 Å². The lowest BCUT2D eigenvalue weighted by Crippen LogP contribution is -2.22. The van der Waals surface area contributed by atoms with Crippen molar-refractivity contribution in [3.05, 3.63) is 66.7 Å². The van der Waals surface area contributed by atoms with Crippen molar-refractivity contribution in [3.63, 3.8) is 0 Å². The van der Waals surface area contributed by atoms with Crippen LogP contribution in [-0.4, -0.2) is 40.9 Å². The average Bonchev–Trinajstić information content (AvgIpc) is 2.84. The number of ether oxygens (including phenoxy) is 3. The molecule has 0 bridgehead atoms. The quantitative estimate of drug-likeness (QED) is 0.390. The van der Waals surface area contributed by atoms with Gasteiger partial charge in [-0.05, 0) is 67.6 Å². The zero-order valence-corrected chi connectivity index (χ0v) is 20.8. The summed E-state index contributed by atoms with van der Waals surface area (Å²) in [6.07, 6.45) is 0. The molecule has 3 aromatic rings. The predicted octanol–water partition coefficient (Wildman–Crippen LogP) is 4.63. The summed E-state index contributed by atoms with van der Waals surface area (Å²) in [6.45, 7) is 1.80. The van der Waals surface area contributed by atoms with Crippen LogP contribution in [0.15, 0.2) is 76.5 Å². The molecule has 0 fully saturated rings. The summed E-state index contributed by atoms with van der Waals surface area (Å²) in [5.74, 6) is 1.39. The minimum absolute atomic E-state index is 0.0380. The molecule has 0 heterocycles. The Balaban J connectivity index is 1.66.